The Hall–Kier alpha value is -2.74. The number of carbonyl (C=O) groups excluding carboxylic acids is 2. The van der Waals surface area contributed by atoms with Gasteiger partial charge in [-0.3, -0.25) is 9.59 Å². The number of carbonyl (C=O) groups is 2. The molecule has 3 rings (SSSR count). The van der Waals surface area contributed by atoms with Crippen LogP contribution >= 0.6 is 11.8 Å². The summed E-state index contributed by atoms with van der Waals surface area (Å²) in [7, 11) is 3.16. The van der Waals surface area contributed by atoms with Gasteiger partial charge in [0.1, 0.15) is 16.5 Å². The third kappa shape index (κ3) is 5.05. The molecular weight excluding hydrogens is 402 g/mol. The summed E-state index contributed by atoms with van der Waals surface area (Å²) in [5.41, 5.74) is 3.71. The van der Waals surface area contributed by atoms with Crippen LogP contribution in [-0.4, -0.2) is 43.3 Å². The van der Waals surface area contributed by atoms with E-state index in [0.29, 0.717) is 24.6 Å². The second-order valence-electron chi connectivity index (χ2n) is 7.08. The van der Waals surface area contributed by atoms with Crippen molar-refractivity contribution in [2.75, 3.05) is 31.4 Å². The largest absolute Gasteiger partial charge is 0.497 e. The Kier molecular flexibility index (Phi) is 7.20. The fraction of sp³-hybridized carbons (Fsp3) is 0.409. The van der Waals surface area contributed by atoms with Crippen LogP contribution in [0, 0.1) is 13.8 Å². The summed E-state index contributed by atoms with van der Waals surface area (Å²) in [5, 5.41) is 3.75. The lowest BCUT2D eigenvalue weighted by Gasteiger charge is -2.30. The van der Waals surface area contributed by atoms with Crippen LogP contribution < -0.4 is 19.7 Å². The molecule has 1 aliphatic rings. The van der Waals surface area contributed by atoms with E-state index in [1.54, 1.807) is 36.9 Å². The molecule has 2 amide bonds. The molecule has 0 saturated heterocycles. The molecule has 1 aromatic heterocycles. The van der Waals surface area contributed by atoms with Crippen LogP contribution in [0.2, 0.25) is 0 Å². The zero-order chi connectivity index (χ0) is 21.7. The minimum atomic E-state index is -0.174. The van der Waals surface area contributed by atoms with E-state index in [0.717, 1.165) is 33.3 Å². The molecule has 7 nitrogen and oxygen atoms in total. The van der Waals surface area contributed by atoms with Gasteiger partial charge in [0.25, 0.3) is 0 Å². The van der Waals surface area contributed by atoms with Gasteiger partial charge >= 0.3 is 0 Å². The predicted octanol–water partition coefficient (Wildman–Crippen LogP) is 3.25. The highest BCUT2D eigenvalue weighted by Crippen LogP contribution is 2.36. The molecule has 30 heavy (non-hydrogen) atoms. The van der Waals surface area contributed by atoms with E-state index in [4.69, 9.17) is 9.47 Å². The predicted molar refractivity (Wildman–Crippen MR) is 117 cm³/mol. The number of rotatable bonds is 7. The van der Waals surface area contributed by atoms with Crippen molar-refractivity contribution in [3.8, 4) is 11.5 Å². The maximum atomic E-state index is 12.8. The van der Waals surface area contributed by atoms with Crippen molar-refractivity contribution >= 4 is 29.3 Å². The SMILES string of the molecule is COc1ccc(CNC(=O)CCC(=O)N2CCSc3nc(C)cc(C)c32)c(OC)c1. The maximum absolute atomic E-state index is 12.8. The van der Waals surface area contributed by atoms with Gasteiger partial charge in [0.2, 0.25) is 11.8 Å². The van der Waals surface area contributed by atoms with Gasteiger partial charge in [0.05, 0.1) is 19.9 Å². The normalized spacial score (nSPS) is 12.9. The molecule has 1 aromatic carbocycles. The number of benzene rings is 1. The first-order chi connectivity index (χ1) is 14.4. The lowest BCUT2D eigenvalue weighted by Crippen LogP contribution is -2.37. The van der Waals surface area contributed by atoms with Gasteiger partial charge in [-0.2, -0.15) is 0 Å². The number of ether oxygens (including phenoxy) is 2. The Bertz CT molecular complexity index is 948. The Morgan fingerprint density at radius 1 is 1.17 bits per heavy atom. The number of thioether (sulfide) groups is 1. The van der Waals surface area contributed by atoms with Crippen LogP contribution in [0.5, 0.6) is 11.5 Å². The first kappa shape index (κ1) is 22.0. The van der Waals surface area contributed by atoms with Gasteiger partial charge < -0.3 is 19.7 Å². The summed E-state index contributed by atoms with van der Waals surface area (Å²) < 4.78 is 10.5. The third-order valence-electron chi connectivity index (χ3n) is 4.94. The van der Waals surface area contributed by atoms with Gasteiger partial charge in [-0.25, -0.2) is 4.98 Å². The Morgan fingerprint density at radius 2 is 1.97 bits per heavy atom. The van der Waals surface area contributed by atoms with Crippen molar-refractivity contribution in [2.45, 2.75) is 38.3 Å². The molecule has 0 atom stereocenters. The van der Waals surface area contributed by atoms with E-state index < -0.39 is 0 Å². The summed E-state index contributed by atoms with van der Waals surface area (Å²) in [6.45, 7) is 4.91. The van der Waals surface area contributed by atoms with Crippen molar-refractivity contribution < 1.29 is 19.1 Å². The molecule has 0 saturated carbocycles. The number of aryl methyl sites for hydroxylation is 2. The molecular formula is C22H27N3O4S. The molecule has 8 heteroatoms. The number of pyridine rings is 1. The van der Waals surface area contributed by atoms with Crippen LogP contribution in [0.1, 0.15) is 29.7 Å². The van der Waals surface area contributed by atoms with E-state index in [-0.39, 0.29) is 24.7 Å². The van der Waals surface area contributed by atoms with E-state index in [1.165, 1.54) is 0 Å². The number of anilines is 1. The van der Waals surface area contributed by atoms with Gasteiger partial charge in [-0.15, -0.1) is 11.8 Å². The van der Waals surface area contributed by atoms with Crippen LogP contribution in [0.3, 0.4) is 0 Å². The minimum Gasteiger partial charge on any atom is -0.497 e. The highest BCUT2D eigenvalue weighted by molar-refractivity contribution is 7.99. The van der Waals surface area contributed by atoms with Crippen LogP contribution in [-0.2, 0) is 16.1 Å². The highest BCUT2D eigenvalue weighted by Gasteiger charge is 2.26. The van der Waals surface area contributed by atoms with Crippen molar-refractivity contribution in [1.29, 1.82) is 0 Å². The molecule has 0 fully saturated rings. The fourth-order valence-corrected chi connectivity index (χ4v) is 4.54. The zero-order valence-electron chi connectivity index (χ0n) is 17.8. The number of nitrogens with one attached hydrogen (secondary N) is 1. The first-order valence-electron chi connectivity index (χ1n) is 9.82. The van der Waals surface area contributed by atoms with Gasteiger partial charge in [-0.1, -0.05) is 0 Å². The van der Waals surface area contributed by atoms with E-state index >= 15 is 0 Å². The van der Waals surface area contributed by atoms with Gasteiger partial charge in [0, 0.05) is 49.0 Å². The van der Waals surface area contributed by atoms with Crippen molar-refractivity contribution in [2.24, 2.45) is 0 Å². The number of hydrogen-bond acceptors (Lipinski definition) is 6. The second-order valence-corrected chi connectivity index (χ2v) is 8.17. The second kappa shape index (κ2) is 9.84. The van der Waals surface area contributed by atoms with Crippen LogP contribution in [0.15, 0.2) is 29.3 Å². The molecule has 0 unspecified atom stereocenters. The topological polar surface area (TPSA) is 80.8 Å². The molecule has 1 aliphatic heterocycles. The summed E-state index contributed by atoms with van der Waals surface area (Å²) in [4.78, 5) is 31.5. The molecule has 160 valence electrons. The van der Waals surface area contributed by atoms with Crippen LogP contribution in [0.25, 0.3) is 0 Å². The zero-order valence-corrected chi connectivity index (χ0v) is 18.6. The average Bonchev–Trinajstić information content (AvgIpc) is 2.75. The molecule has 0 bridgehead atoms. The molecule has 0 aliphatic carbocycles. The van der Waals surface area contributed by atoms with E-state index in [1.807, 2.05) is 32.0 Å². The molecule has 1 N–H and O–H groups in total. The van der Waals surface area contributed by atoms with Crippen molar-refractivity contribution in [3.63, 3.8) is 0 Å². The Morgan fingerprint density at radius 3 is 2.70 bits per heavy atom. The van der Waals surface area contributed by atoms with E-state index in [2.05, 4.69) is 10.3 Å². The average molecular weight is 430 g/mol. The lowest BCUT2D eigenvalue weighted by molar-refractivity contribution is -0.125. The summed E-state index contributed by atoms with van der Waals surface area (Å²) in [6, 6.07) is 7.43. The summed E-state index contributed by atoms with van der Waals surface area (Å²) >= 11 is 1.67. The molecule has 2 aromatic rings. The first-order valence-corrected chi connectivity index (χ1v) is 10.8. The number of hydrogen-bond donors (Lipinski definition) is 1. The Labute approximate surface area is 181 Å². The molecule has 2 heterocycles. The fourth-order valence-electron chi connectivity index (χ4n) is 3.46. The highest BCUT2D eigenvalue weighted by atomic mass is 32.2. The van der Waals surface area contributed by atoms with Crippen LogP contribution in [0.4, 0.5) is 5.69 Å². The monoisotopic (exact) mass is 429 g/mol. The number of fused-ring (bicyclic) bond motifs is 1. The lowest BCUT2D eigenvalue weighted by atomic mass is 10.1. The quantitative estimate of drug-likeness (QED) is 0.728. The Balaban J connectivity index is 1.57. The molecule has 0 spiro atoms. The number of amides is 2. The maximum Gasteiger partial charge on any atom is 0.227 e. The van der Waals surface area contributed by atoms with E-state index in [9.17, 15) is 9.59 Å². The van der Waals surface area contributed by atoms with Crippen molar-refractivity contribution in [1.82, 2.24) is 10.3 Å². The summed E-state index contributed by atoms with van der Waals surface area (Å²) in [6.07, 6.45) is 0.289. The molecule has 0 radical (unpaired) electrons. The van der Waals surface area contributed by atoms with Gasteiger partial charge in [-0.05, 0) is 37.6 Å². The third-order valence-corrected chi connectivity index (χ3v) is 5.88. The number of aromatic nitrogens is 1. The minimum absolute atomic E-state index is 0.0533. The van der Waals surface area contributed by atoms with Gasteiger partial charge in [0.15, 0.2) is 0 Å². The standard InChI is InChI=1S/C22H27N3O4S/c1-14-11-15(2)24-22-21(14)25(9-10-30-22)20(27)8-7-19(26)23-13-16-5-6-17(28-3)12-18(16)29-4/h5-6,11-12H,7-10,13H2,1-4H3,(H,23,26). The summed E-state index contributed by atoms with van der Waals surface area (Å²) in [5.74, 6) is 1.91. The number of nitrogens with zero attached hydrogens (tertiary/aromatic N) is 2. The number of methoxy groups -OCH3 is 2. The smallest absolute Gasteiger partial charge is 0.227 e. The van der Waals surface area contributed by atoms with Crippen molar-refractivity contribution in [3.05, 3.63) is 41.1 Å².